The van der Waals surface area contributed by atoms with E-state index in [2.05, 4.69) is 27.3 Å². The molecule has 90 valence electrons. The van der Waals surface area contributed by atoms with E-state index in [1.165, 1.54) is 0 Å². The molecule has 0 aliphatic carbocycles. The van der Waals surface area contributed by atoms with E-state index >= 15 is 0 Å². The molecule has 0 atom stereocenters. The molecule has 0 aromatic heterocycles. The van der Waals surface area contributed by atoms with Gasteiger partial charge < -0.3 is 5.32 Å². The SMILES string of the molecule is N#Cc1ccc(NC2CCS(=O)CC2)cc1Br. The van der Waals surface area contributed by atoms with Crippen LogP contribution in [0.25, 0.3) is 0 Å². The third kappa shape index (κ3) is 3.30. The second-order valence-electron chi connectivity index (χ2n) is 4.07. The van der Waals surface area contributed by atoms with Gasteiger partial charge in [-0.25, -0.2) is 0 Å². The molecule has 2 rings (SSSR count). The largest absolute Gasteiger partial charge is 0.382 e. The molecule has 0 radical (unpaired) electrons. The molecule has 1 aromatic rings. The summed E-state index contributed by atoms with van der Waals surface area (Å²) in [4.78, 5) is 0. The number of anilines is 1. The van der Waals surface area contributed by atoms with E-state index in [1.54, 1.807) is 6.07 Å². The first-order chi connectivity index (χ1) is 8.19. The van der Waals surface area contributed by atoms with Crippen LogP contribution in [0.15, 0.2) is 22.7 Å². The zero-order valence-corrected chi connectivity index (χ0v) is 11.7. The van der Waals surface area contributed by atoms with Crippen molar-refractivity contribution in [2.24, 2.45) is 0 Å². The number of rotatable bonds is 2. The first-order valence-corrected chi connectivity index (χ1v) is 7.78. The maximum atomic E-state index is 11.2. The van der Waals surface area contributed by atoms with Gasteiger partial charge in [0.15, 0.2) is 0 Å². The summed E-state index contributed by atoms with van der Waals surface area (Å²) in [5, 5.41) is 12.2. The van der Waals surface area contributed by atoms with Crippen molar-refractivity contribution < 1.29 is 4.21 Å². The lowest BCUT2D eigenvalue weighted by atomic mass is 10.1. The molecular weight excluding hydrogens is 300 g/mol. The number of nitriles is 1. The van der Waals surface area contributed by atoms with Crippen LogP contribution in [-0.2, 0) is 10.8 Å². The fourth-order valence-corrected chi connectivity index (χ4v) is 3.64. The predicted octanol–water partition coefficient (Wildman–Crippen LogP) is 2.64. The maximum Gasteiger partial charge on any atom is 0.100 e. The summed E-state index contributed by atoms with van der Waals surface area (Å²) >= 11 is 3.37. The zero-order valence-electron chi connectivity index (χ0n) is 9.28. The second kappa shape index (κ2) is 5.65. The molecule has 1 fully saturated rings. The van der Waals surface area contributed by atoms with Crippen molar-refractivity contribution in [2.75, 3.05) is 16.8 Å². The van der Waals surface area contributed by atoms with Crippen LogP contribution in [0.4, 0.5) is 5.69 Å². The second-order valence-corrected chi connectivity index (χ2v) is 6.62. The molecule has 5 heteroatoms. The number of nitrogens with zero attached hydrogens (tertiary/aromatic N) is 1. The number of hydrogen-bond acceptors (Lipinski definition) is 3. The number of halogens is 1. The summed E-state index contributed by atoms with van der Waals surface area (Å²) in [7, 11) is -0.621. The lowest BCUT2D eigenvalue weighted by Gasteiger charge is -2.23. The summed E-state index contributed by atoms with van der Waals surface area (Å²) in [6.45, 7) is 0. The third-order valence-corrected chi connectivity index (χ3v) is 4.89. The minimum absolute atomic E-state index is 0.396. The van der Waals surface area contributed by atoms with Gasteiger partial charge in [0.05, 0.1) is 5.56 Å². The van der Waals surface area contributed by atoms with E-state index in [4.69, 9.17) is 5.26 Å². The van der Waals surface area contributed by atoms with Crippen LogP contribution in [0.1, 0.15) is 18.4 Å². The number of hydrogen-bond donors (Lipinski definition) is 1. The number of nitrogens with one attached hydrogen (secondary N) is 1. The maximum absolute atomic E-state index is 11.2. The molecular formula is C12H13BrN2OS. The first kappa shape index (κ1) is 12.6. The average molecular weight is 313 g/mol. The summed E-state index contributed by atoms with van der Waals surface area (Å²) in [5.74, 6) is 1.57. The highest BCUT2D eigenvalue weighted by Gasteiger charge is 2.17. The lowest BCUT2D eigenvalue weighted by Crippen LogP contribution is -2.29. The van der Waals surface area contributed by atoms with E-state index in [0.29, 0.717) is 11.6 Å². The third-order valence-electron chi connectivity index (χ3n) is 2.85. The molecule has 0 saturated carbocycles. The van der Waals surface area contributed by atoms with Crippen LogP contribution < -0.4 is 5.32 Å². The Bertz CT molecular complexity index is 474. The monoisotopic (exact) mass is 312 g/mol. The number of benzene rings is 1. The van der Waals surface area contributed by atoms with Crippen LogP contribution in [0.2, 0.25) is 0 Å². The van der Waals surface area contributed by atoms with E-state index in [1.807, 2.05) is 12.1 Å². The van der Waals surface area contributed by atoms with Crippen LogP contribution in [0.5, 0.6) is 0 Å². The Labute approximate surface area is 112 Å². The highest BCUT2D eigenvalue weighted by Crippen LogP contribution is 2.23. The van der Waals surface area contributed by atoms with E-state index in [9.17, 15) is 4.21 Å². The van der Waals surface area contributed by atoms with Crippen molar-refractivity contribution in [1.29, 1.82) is 5.26 Å². The molecule has 1 saturated heterocycles. The van der Waals surface area contributed by atoms with Gasteiger partial charge in [0.25, 0.3) is 0 Å². The summed E-state index contributed by atoms with van der Waals surface area (Å²) < 4.78 is 12.0. The molecule has 1 aliphatic heterocycles. The van der Waals surface area contributed by atoms with Gasteiger partial charge in [-0.1, -0.05) is 0 Å². The summed E-state index contributed by atoms with van der Waals surface area (Å²) in [5.41, 5.74) is 1.65. The molecule has 0 bridgehead atoms. The normalized spacial score (nSPS) is 24.0. The Morgan fingerprint density at radius 1 is 1.41 bits per heavy atom. The van der Waals surface area contributed by atoms with E-state index in [-0.39, 0.29) is 0 Å². The van der Waals surface area contributed by atoms with Crippen molar-refractivity contribution >= 4 is 32.4 Å². The van der Waals surface area contributed by atoms with Gasteiger partial charge in [-0.05, 0) is 47.0 Å². The molecule has 0 spiro atoms. The van der Waals surface area contributed by atoms with Crippen LogP contribution in [-0.4, -0.2) is 21.8 Å². The van der Waals surface area contributed by atoms with Crippen molar-refractivity contribution in [3.8, 4) is 6.07 Å². The first-order valence-electron chi connectivity index (χ1n) is 5.50. The van der Waals surface area contributed by atoms with Gasteiger partial charge >= 0.3 is 0 Å². The summed E-state index contributed by atoms with van der Waals surface area (Å²) in [6.07, 6.45) is 1.90. The highest BCUT2D eigenvalue weighted by molar-refractivity contribution is 9.10. The average Bonchev–Trinajstić information content (AvgIpc) is 2.32. The summed E-state index contributed by atoms with van der Waals surface area (Å²) in [6, 6.07) is 8.14. The Morgan fingerprint density at radius 3 is 2.71 bits per heavy atom. The molecule has 3 nitrogen and oxygen atoms in total. The van der Waals surface area contributed by atoms with Gasteiger partial charge in [0.2, 0.25) is 0 Å². The fourth-order valence-electron chi connectivity index (χ4n) is 1.87. The van der Waals surface area contributed by atoms with Crippen molar-refractivity contribution in [3.05, 3.63) is 28.2 Å². The minimum atomic E-state index is -0.621. The predicted molar refractivity (Wildman–Crippen MR) is 73.4 cm³/mol. The topological polar surface area (TPSA) is 52.9 Å². The van der Waals surface area contributed by atoms with E-state index < -0.39 is 10.8 Å². The standard InChI is InChI=1S/C12H13BrN2OS/c13-12-7-11(2-1-9(12)8-14)15-10-3-5-17(16)6-4-10/h1-2,7,10,15H,3-6H2. The molecule has 1 aliphatic rings. The van der Waals surface area contributed by atoms with Crippen molar-refractivity contribution in [1.82, 2.24) is 0 Å². The molecule has 1 N–H and O–H groups in total. The Morgan fingerprint density at radius 2 is 2.12 bits per heavy atom. The zero-order chi connectivity index (χ0) is 12.3. The molecule has 1 aromatic carbocycles. The Balaban J connectivity index is 2.02. The highest BCUT2D eigenvalue weighted by atomic mass is 79.9. The molecule has 0 unspecified atom stereocenters. The smallest absolute Gasteiger partial charge is 0.100 e. The van der Waals surface area contributed by atoms with Gasteiger partial charge in [-0.15, -0.1) is 0 Å². The van der Waals surface area contributed by atoms with Gasteiger partial charge in [0.1, 0.15) is 6.07 Å². The minimum Gasteiger partial charge on any atom is -0.382 e. The van der Waals surface area contributed by atoms with Crippen molar-refractivity contribution in [2.45, 2.75) is 18.9 Å². The van der Waals surface area contributed by atoms with Gasteiger partial charge in [0, 0.05) is 38.5 Å². The molecule has 1 heterocycles. The molecule has 0 amide bonds. The Kier molecular flexibility index (Phi) is 4.19. The van der Waals surface area contributed by atoms with Gasteiger partial charge in [-0.3, -0.25) is 4.21 Å². The van der Waals surface area contributed by atoms with Gasteiger partial charge in [-0.2, -0.15) is 5.26 Å². The van der Waals surface area contributed by atoms with Crippen molar-refractivity contribution in [3.63, 3.8) is 0 Å². The van der Waals surface area contributed by atoms with Crippen LogP contribution in [0, 0.1) is 11.3 Å². The Hall–Kier alpha value is -0.860. The molecule has 17 heavy (non-hydrogen) atoms. The quantitative estimate of drug-likeness (QED) is 0.913. The fraction of sp³-hybridized carbons (Fsp3) is 0.417. The van der Waals surface area contributed by atoms with Crippen LogP contribution >= 0.6 is 15.9 Å². The van der Waals surface area contributed by atoms with E-state index in [0.717, 1.165) is 34.5 Å². The van der Waals surface area contributed by atoms with Crippen LogP contribution in [0.3, 0.4) is 0 Å². The lowest BCUT2D eigenvalue weighted by molar-refractivity contribution is 0.624.